The van der Waals surface area contributed by atoms with Crippen LogP contribution < -0.4 is 0 Å². The molecule has 1 N–H and O–H groups in total. The number of halogens is 8. The molecular weight excluding hydrogens is 292 g/mol. The van der Waals surface area contributed by atoms with E-state index in [9.17, 15) is 39.3 Å². The highest BCUT2D eigenvalue weighted by Gasteiger charge is 2.65. The molecule has 0 amide bonds. The topological polar surface area (TPSA) is 46.5 Å². The zero-order chi connectivity index (χ0) is 14.1. The molecule has 2 atom stereocenters. The van der Waals surface area contributed by atoms with Crippen molar-refractivity contribution in [2.24, 2.45) is 0 Å². The quantitative estimate of drug-likeness (QED) is 0.641. The number of hydrogen-bond acceptors (Lipinski definition) is 2. The van der Waals surface area contributed by atoms with Gasteiger partial charge >= 0.3 is 29.6 Å². The fraction of sp³-hybridized carbons (Fsp3) is 1.00. The summed E-state index contributed by atoms with van der Waals surface area (Å²) in [4.78, 5) is 0. The minimum Gasteiger partial charge on any atom is -0.284 e. The van der Waals surface area contributed by atoms with Crippen LogP contribution in [0.4, 0.5) is 35.1 Å². The van der Waals surface area contributed by atoms with Gasteiger partial charge in [0.15, 0.2) is 6.10 Å². The van der Waals surface area contributed by atoms with Gasteiger partial charge in [0, 0.05) is 0 Å². The van der Waals surface area contributed by atoms with Crippen LogP contribution in [0.3, 0.4) is 0 Å². The first-order valence-corrected chi connectivity index (χ1v) is 4.60. The number of rotatable bonds is 4. The molecule has 17 heavy (non-hydrogen) atoms. The molecule has 0 rings (SSSR count). The van der Waals surface area contributed by atoms with Crippen molar-refractivity contribution >= 4 is 11.4 Å². The van der Waals surface area contributed by atoms with E-state index in [1.54, 1.807) is 0 Å². The molecule has 0 aliphatic heterocycles. The molecule has 0 aromatic carbocycles. The van der Waals surface area contributed by atoms with Crippen LogP contribution in [-0.4, -0.2) is 33.1 Å². The maximum Gasteiger partial charge on any atom is 0.456 e. The molecule has 0 aromatic rings. The van der Waals surface area contributed by atoms with E-state index in [0.29, 0.717) is 0 Å². The van der Waals surface area contributed by atoms with E-state index in [-0.39, 0.29) is 0 Å². The first-order valence-electron chi connectivity index (χ1n) is 3.56. The maximum atomic E-state index is 12.5. The summed E-state index contributed by atoms with van der Waals surface area (Å²) in [6.45, 7) is 0. The Labute approximate surface area is 91.2 Å². The SMILES string of the molecule is O=S(O)OC(CC(F)(F)F)C(F)(F)C(F)(F)F. The minimum absolute atomic E-state index is 2.72. The van der Waals surface area contributed by atoms with Crippen LogP contribution in [-0.2, 0) is 15.5 Å². The molecular formula is C5H4F8O3S. The summed E-state index contributed by atoms with van der Waals surface area (Å²) < 4.78 is 116. The fourth-order valence-corrected chi connectivity index (χ4v) is 1.10. The molecule has 3 nitrogen and oxygen atoms in total. The van der Waals surface area contributed by atoms with Gasteiger partial charge in [-0.3, -0.25) is 8.74 Å². The third-order valence-corrected chi connectivity index (χ3v) is 1.79. The molecule has 0 saturated heterocycles. The van der Waals surface area contributed by atoms with Crippen molar-refractivity contribution in [3.63, 3.8) is 0 Å². The summed E-state index contributed by atoms with van der Waals surface area (Å²) in [7, 11) is 0. The lowest BCUT2D eigenvalue weighted by atomic mass is 10.1. The summed E-state index contributed by atoms with van der Waals surface area (Å²) in [5.74, 6) is -5.90. The Morgan fingerprint density at radius 1 is 1.06 bits per heavy atom. The first kappa shape index (κ1) is 16.5. The smallest absolute Gasteiger partial charge is 0.284 e. The van der Waals surface area contributed by atoms with Gasteiger partial charge in [0.25, 0.3) is 0 Å². The lowest BCUT2D eigenvalue weighted by Crippen LogP contribution is -2.50. The Hall–Kier alpha value is -0.490. The highest BCUT2D eigenvalue weighted by molar-refractivity contribution is 7.74. The van der Waals surface area contributed by atoms with Crippen molar-refractivity contribution in [2.45, 2.75) is 30.8 Å². The third kappa shape index (κ3) is 5.12. The Morgan fingerprint density at radius 2 is 1.47 bits per heavy atom. The summed E-state index contributed by atoms with van der Waals surface area (Å²) >= 11 is -3.69. The number of alkyl halides is 8. The summed E-state index contributed by atoms with van der Waals surface area (Å²) in [6, 6.07) is 0. The van der Waals surface area contributed by atoms with Gasteiger partial charge in [0.05, 0.1) is 6.42 Å². The molecule has 0 saturated carbocycles. The van der Waals surface area contributed by atoms with Gasteiger partial charge in [-0.2, -0.15) is 39.3 Å². The van der Waals surface area contributed by atoms with Gasteiger partial charge in [0.1, 0.15) is 0 Å². The average molecular weight is 296 g/mol. The highest BCUT2D eigenvalue weighted by Crippen LogP contribution is 2.43. The van der Waals surface area contributed by atoms with E-state index in [0.717, 1.165) is 0 Å². The van der Waals surface area contributed by atoms with Gasteiger partial charge in [0.2, 0.25) is 0 Å². The lowest BCUT2D eigenvalue weighted by molar-refractivity contribution is -0.318. The van der Waals surface area contributed by atoms with Crippen LogP contribution in [0.1, 0.15) is 6.42 Å². The summed E-state index contributed by atoms with van der Waals surface area (Å²) in [6.07, 6.45) is -18.3. The van der Waals surface area contributed by atoms with E-state index >= 15 is 0 Å². The van der Waals surface area contributed by atoms with E-state index in [2.05, 4.69) is 4.18 Å². The van der Waals surface area contributed by atoms with E-state index in [4.69, 9.17) is 4.55 Å². The monoisotopic (exact) mass is 296 g/mol. The molecule has 0 radical (unpaired) electrons. The second-order valence-corrected chi connectivity index (χ2v) is 3.37. The highest BCUT2D eigenvalue weighted by atomic mass is 32.2. The Morgan fingerprint density at radius 3 is 1.71 bits per heavy atom. The second kappa shape index (κ2) is 5.02. The third-order valence-electron chi connectivity index (χ3n) is 1.40. The maximum absolute atomic E-state index is 12.5. The van der Waals surface area contributed by atoms with Crippen molar-refractivity contribution < 1.29 is 48.1 Å². The summed E-state index contributed by atoms with van der Waals surface area (Å²) in [5, 5.41) is 0. The molecule has 0 spiro atoms. The van der Waals surface area contributed by atoms with Crippen LogP contribution in [0.15, 0.2) is 0 Å². The zero-order valence-corrected chi connectivity index (χ0v) is 8.30. The van der Waals surface area contributed by atoms with Crippen LogP contribution >= 0.6 is 0 Å². The first-order chi connectivity index (χ1) is 7.27. The molecule has 12 heteroatoms. The largest absolute Gasteiger partial charge is 0.456 e. The van der Waals surface area contributed by atoms with Gasteiger partial charge < -0.3 is 0 Å². The molecule has 0 heterocycles. The molecule has 104 valence electrons. The zero-order valence-electron chi connectivity index (χ0n) is 7.48. The average Bonchev–Trinajstić information content (AvgIpc) is 1.96. The normalized spacial score (nSPS) is 17.9. The van der Waals surface area contributed by atoms with Crippen molar-refractivity contribution in [2.75, 3.05) is 0 Å². The lowest BCUT2D eigenvalue weighted by Gasteiger charge is -2.27. The minimum atomic E-state index is -6.33. The predicted octanol–water partition coefficient (Wildman–Crippen LogP) is 2.66. The molecule has 0 aliphatic carbocycles. The van der Waals surface area contributed by atoms with E-state index in [1.165, 1.54) is 0 Å². The number of hydrogen-bond donors (Lipinski definition) is 1. The van der Waals surface area contributed by atoms with Crippen LogP contribution in [0.25, 0.3) is 0 Å². The molecule has 2 unspecified atom stereocenters. The van der Waals surface area contributed by atoms with Crippen LogP contribution in [0.5, 0.6) is 0 Å². The standard InChI is InChI=1S/C5H4F8O3S/c6-3(7,8)1-2(16-17(14)15)4(9,10)5(11,12)13/h2H,1H2,(H,14,15). The van der Waals surface area contributed by atoms with Gasteiger partial charge in [-0.05, 0) is 0 Å². The Kier molecular flexibility index (Phi) is 4.87. The Balaban J connectivity index is 5.11. The van der Waals surface area contributed by atoms with Gasteiger partial charge in [-0.15, -0.1) is 0 Å². The molecule has 0 bridgehead atoms. The predicted molar refractivity (Wildman–Crippen MR) is 37.3 cm³/mol. The van der Waals surface area contributed by atoms with Gasteiger partial charge in [-0.25, -0.2) is 0 Å². The summed E-state index contributed by atoms with van der Waals surface area (Å²) in [5.41, 5.74) is 0. The molecule has 0 aliphatic rings. The van der Waals surface area contributed by atoms with Crippen LogP contribution in [0.2, 0.25) is 0 Å². The Bertz CT molecular complexity index is 284. The van der Waals surface area contributed by atoms with E-state index in [1.807, 2.05) is 0 Å². The second-order valence-electron chi connectivity index (χ2n) is 2.74. The molecule has 0 fully saturated rings. The van der Waals surface area contributed by atoms with E-state index < -0.39 is 42.2 Å². The van der Waals surface area contributed by atoms with Crippen molar-refractivity contribution in [3.05, 3.63) is 0 Å². The fourth-order valence-electron chi connectivity index (χ4n) is 0.715. The van der Waals surface area contributed by atoms with Gasteiger partial charge in [-0.1, -0.05) is 0 Å². The van der Waals surface area contributed by atoms with Crippen molar-refractivity contribution in [1.29, 1.82) is 0 Å². The van der Waals surface area contributed by atoms with Crippen LogP contribution in [0, 0.1) is 0 Å². The van der Waals surface area contributed by atoms with Crippen molar-refractivity contribution in [3.8, 4) is 0 Å². The molecule has 0 aromatic heterocycles. The van der Waals surface area contributed by atoms with Crippen molar-refractivity contribution in [1.82, 2.24) is 0 Å².